The Morgan fingerprint density at radius 2 is 1.77 bits per heavy atom. The largest absolute Gasteiger partial charge is 0.495 e. The van der Waals surface area contributed by atoms with Gasteiger partial charge in [0.15, 0.2) is 0 Å². The van der Waals surface area contributed by atoms with E-state index in [1.807, 2.05) is 6.07 Å². The highest BCUT2D eigenvalue weighted by Crippen LogP contribution is 2.29. The first kappa shape index (κ1) is 17.5. The van der Waals surface area contributed by atoms with Crippen LogP contribution >= 0.6 is 0 Å². The lowest BCUT2D eigenvalue weighted by atomic mass is 9.92. The number of rotatable bonds is 5. The molecule has 7 heteroatoms. The van der Waals surface area contributed by atoms with E-state index in [9.17, 15) is 14.4 Å². The molecule has 1 aliphatic heterocycles. The first-order chi connectivity index (χ1) is 12.5. The van der Waals surface area contributed by atoms with E-state index in [0.717, 1.165) is 4.90 Å². The Balaban J connectivity index is 1.75. The van der Waals surface area contributed by atoms with Gasteiger partial charge in [-0.15, -0.1) is 0 Å². The van der Waals surface area contributed by atoms with Gasteiger partial charge < -0.3 is 15.4 Å². The van der Waals surface area contributed by atoms with E-state index in [1.54, 1.807) is 55.5 Å². The van der Waals surface area contributed by atoms with Gasteiger partial charge in [-0.05, 0) is 24.6 Å². The minimum Gasteiger partial charge on any atom is -0.495 e. The molecule has 0 spiro atoms. The van der Waals surface area contributed by atoms with E-state index in [1.165, 1.54) is 7.11 Å². The molecule has 1 atom stereocenters. The van der Waals surface area contributed by atoms with Crippen molar-refractivity contribution in [3.8, 4) is 5.75 Å². The number of hydrogen-bond donors (Lipinski definition) is 2. The fourth-order valence-corrected chi connectivity index (χ4v) is 2.89. The second-order valence-electron chi connectivity index (χ2n) is 6.06. The van der Waals surface area contributed by atoms with E-state index in [-0.39, 0.29) is 6.54 Å². The Kier molecular flexibility index (Phi) is 4.62. The highest BCUT2D eigenvalue weighted by Gasteiger charge is 2.49. The van der Waals surface area contributed by atoms with Gasteiger partial charge in [0.25, 0.3) is 5.91 Å². The van der Waals surface area contributed by atoms with Gasteiger partial charge in [-0.2, -0.15) is 0 Å². The normalized spacial score (nSPS) is 19.2. The van der Waals surface area contributed by atoms with Crippen LogP contribution in [-0.4, -0.2) is 36.4 Å². The summed E-state index contributed by atoms with van der Waals surface area (Å²) in [6.45, 7) is 1.24. The summed E-state index contributed by atoms with van der Waals surface area (Å²) in [4.78, 5) is 38.3. The van der Waals surface area contributed by atoms with Crippen LogP contribution in [0, 0.1) is 0 Å². The van der Waals surface area contributed by atoms with Crippen molar-refractivity contribution in [3.63, 3.8) is 0 Å². The summed E-state index contributed by atoms with van der Waals surface area (Å²) in [6, 6.07) is 15.2. The summed E-state index contributed by atoms with van der Waals surface area (Å²) >= 11 is 0. The molecule has 0 radical (unpaired) electrons. The number of ether oxygens (including phenoxy) is 1. The lowest BCUT2D eigenvalue weighted by molar-refractivity contribution is -0.133. The van der Waals surface area contributed by atoms with Crippen molar-refractivity contribution in [2.45, 2.75) is 12.5 Å². The van der Waals surface area contributed by atoms with Gasteiger partial charge in [0.2, 0.25) is 5.91 Å². The summed E-state index contributed by atoms with van der Waals surface area (Å²) in [6.07, 6.45) is 0. The van der Waals surface area contributed by atoms with Crippen molar-refractivity contribution in [2.24, 2.45) is 0 Å². The van der Waals surface area contributed by atoms with Crippen molar-refractivity contribution in [2.75, 3.05) is 19.0 Å². The summed E-state index contributed by atoms with van der Waals surface area (Å²) in [5, 5.41) is 5.33. The summed E-state index contributed by atoms with van der Waals surface area (Å²) in [5.41, 5.74) is -0.0628. The van der Waals surface area contributed by atoms with Crippen molar-refractivity contribution in [1.29, 1.82) is 0 Å². The smallest absolute Gasteiger partial charge is 0.325 e. The van der Waals surface area contributed by atoms with Gasteiger partial charge in [0.1, 0.15) is 17.8 Å². The minimum absolute atomic E-state index is 0.384. The number of nitrogens with zero attached hydrogens (tertiary/aromatic N) is 1. The molecule has 0 aliphatic carbocycles. The lowest BCUT2D eigenvalue weighted by Gasteiger charge is -2.22. The van der Waals surface area contributed by atoms with Gasteiger partial charge in [-0.25, -0.2) is 4.79 Å². The van der Waals surface area contributed by atoms with Crippen molar-refractivity contribution in [3.05, 3.63) is 60.2 Å². The van der Waals surface area contributed by atoms with Crippen molar-refractivity contribution in [1.82, 2.24) is 10.2 Å². The van der Waals surface area contributed by atoms with Crippen molar-refractivity contribution >= 4 is 23.5 Å². The van der Waals surface area contributed by atoms with E-state index in [0.29, 0.717) is 17.0 Å². The molecule has 1 fully saturated rings. The third-order valence-corrected chi connectivity index (χ3v) is 4.31. The Hall–Kier alpha value is -3.35. The molecule has 2 aromatic rings. The Bertz CT molecular complexity index is 853. The van der Waals surface area contributed by atoms with Gasteiger partial charge in [-0.3, -0.25) is 14.5 Å². The molecule has 2 aromatic carbocycles. The van der Waals surface area contributed by atoms with E-state index >= 15 is 0 Å². The van der Waals surface area contributed by atoms with Crippen LogP contribution in [-0.2, 0) is 15.1 Å². The second kappa shape index (κ2) is 6.87. The predicted octanol–water partition coefficient (Wildman–Crippen LogP) is 2.10. The highest BCUT2D eigenvalue weighted by atomic mass is 16.5. The van der Waals surface area contributed by atoms with Crippen LogP contribution in [0.1, 0.15) is 12.5 Å². The maximum atomic E-state index is 12.8. The van der Waals surface area contributed by atoms with Crippen LogP contribution in [0.15, 0.2) is 54.6 Å². The molecule has 0 saturated carbocycles. The molecule has 1 saturated heterocycles. The number of carbonyl (C=O) groups excluding carboxylic acids is 3. The Morgan fingerprint density at radius 3 is 2.46 bits per heavy atom. The predicted molar refractivity (Wildman–Crippen MR) is 95.7 cm³/mol. The third-order valence-electron chi connectivity index (χ3n) is 4.31. The number of imide groups is 1. The third kappa shape index (κ3) is 3.11. The van der Waals surface area contributed by atoms with Crippen LogP contribution in [0.25, 0.3) is 0 Å². The van der Waals surface area contributed by atoms with Gasteiger partial charge >= 0.3 is 6.03 Å². The van der Waals surface area contributed by atoms with Gasteiger partial charge in [0.05, 0.1) is 12.8 Å². The summed E-state index contributed by atoms with van der Waals surface area (Å²) < 4.78 is 5.17. The molecular weight excluding hydrogens is 334 g/mol. The molecule has 26 heavy (non-hydrogen) atoms. The maximum Gasteiger partial charge on any atom is 0.325 e. The minimum atomic E-state index is -1.19. The number of hydrogen-bond acceptors (Lipinski definition) is 4. The van der Waals surface area contributed by atoms with Crippen LogP contribution in [0.3, 0.4) is 0 Å². The molecule has 0 aromatic heterocycles. The first-order valence-electron chi connectivity index (χ1n) is 8.08. The molecule has 7 nitrogen and oxygen atoms in total. The van der Waals surface area contributed by atoms with Crippen molar-refractivity contribution < 1.29 is 19.1 Å². The number of anilines is 1. The Morgan fingerprint density at radius 1 is 1.12 bits per heavy atom. The Labute approximate surface area is 150 Å². The zero-order valence-corrected chi connectivity index (χ0v) is 14.5. The number of nitrogens with one attached hydrogen (secondary N) is 2. The quantitative estimate of drug-likeness (QED) is 0.806. The summed E-state index contributed by atoms with van der Waals surface area (Å²) in [7, 11) is 1.49. The fraction of sp³-hybridized carbons (Fsp3) is 0.211. The molecule has 1 heterocycles. The molecule has 1 aliphatic rings. The van der Waals surface area contributed by atoms with E-state index in [4.69, 9.17) is 4.74 Å². The molecule has 0 unspecified atom stereocenters. The van der Waals surface area contributed by atoms with Crippen LogP contribution in [0.4, 0.5) is 10.5 Å². The number of methoxy groups -OCH3 is 1. The monoisotopic (exact) mass is 353 g/mol. The SMILES string of the molecule is COc1ccccc1NC(=O)CN1C(=O)N[C@](C)(c2ccccc2)C1=O. The molecule has 3 rings (SSSR count). The molecular formula is C19H19N3O4. The van der Waals surface area contributed by atoms with Crippen LogP contribution < -0.4 is 15.4 Å². The van der Waals surface area contributed by atoms with E-state index in [2.05, 4.69) is 10.6 Å². The first-order valence-corrected chi connectivity index (χ1v) is 8.08. The van der Waals surface area contributed by atoms with Gasteiger partial charge in [0, 0.05) is 0 Å². The number of amides is 4. The highest BCUT2D eigenvalue weighted by molar-refractivity contribution is 6.10. The molecule has 134 valence electrons. The molecule has 0 bridgehead atoms. The number of urea groups is 1. The number of para-hydroxylation sites is 2. The van der Waals surface area contributed by atoms with Gasteiger partial charge in [-0.1, -0.05) is 42.5 Å². The van der Waals surface area contributed by atoms with Crippen LogP contribution in [0.2, 0.25) is 0 Å². The average molecular weight is 353 g/mol. The molecule has 2 N–H and O–H groups in total. The second-order valence-corrected chi connectivity index (χ2v) is 6.06. The number of benzene rings is 2. The summed E-state index contributed by atoms with van der Waals surface area (Å²) in [5.74, 6) is -0.466. The lowest BCUT2D eigenvalue weighted by Crippen LogP contribution is -2.42. The zero-order chi connectivity index (χ0) is 18.7. The number of carbonyl (C=O) groups is 3. The average Bonchev–Trinajstić information content (AvgIpc) is 2.87. The topological polar surface area (TPSA) is 87.7 Å². The van der Waals surface area contributed by atoms with E-state index < -0.39 is 23.4 Å². The fourth-order valence-electron chi connectivity index (χ4n) is 2.89. The molecule has 4 amide bonds. The van der Waals surface area contributed by atoms with Crippen LogP contribution in [0.5, 0.6) is 5.75 Å². The maximum absolute atomic E-state index is 12.8. The zero-order valence-electron chi connectivity index (χ0n) is 14.5. The standard InChI is InChI=1S/C19H19N3O4/c1-19(13-8-4-3-5-9-13)17(24)22(18(25)21-19)12-16(23)20-14-10-6-7-11-15(14)26-2/h3-11H,12H2,1-2H3,(H,20,23)(H,21,25)/t19-/m1/s1.